The number of carbonyl (C=O) groups is 1. The maximum Gasteiger partial charge on any atom is 0.235 e. The number of hydrogen-bond acceptors (Lipinski definition) is 8. The molecular weight excluding hydrogens is 404 g/mol. The number of carbonyl (C=O) groups excluding carboxylic acids is 1. The van der Waals surface area contributed by atoms with Crippen LogP contribution < -0.4 is 23.7 Å². The molecule has 0 fully saturated rings. The molecule has 0 aromatic heterocycles. The van der Waals surface area contributed by atoms with Crippen LogP contribution in [-0.2, 0) is 0 Å². The minimum atomic E-state index is -1.41. The van der Waals surface area contributed by atoms with Crippen molar-refractivity contribution in [3.8, 4) is 34.5 Å². The quantitative estimate of drug-likeness (QED) is 0.755. The highest BCUT2D eigenvalue weighted by Gasteiger charge is 2.50. The summed E-state index contributed by atoms with van der Waals surface area (Å²) in [6, 6.07) is 4.61. The molecule has 0 aliphatic carbocycles. The van der Waals surface area contributed by atoms with E-state index in [0.29, 0.717) is 28.4 Å². The minimum absolute atomic E-state index is 0.0443. The second-order valence-electron chi connectivity index (χ2n) is 8.23. The van der Waals surface area contributed by atoms with Crippen LogP contribution in [0.2, 0.25) is 0 Å². The molecule has 3 atom stereocenters. The molecule has 3 aliphatic rings. The lowest BCUT2D eigenvalue weighted by atomic mass is 9.80. The van der Waals surface area contributed by atoms with Gasteiger partial charge in [-0.25, -0.2) is 0 Å². The standard InChI is InChI=1S/C23H22O8/c1-23(2)6-5-10-14(31-23)8-12(24)18-19(25)17-11-7-15(27-3)16(28-4)9-13(11)29-22(26)21(17)30-20(10)18/h5-9,17,21-22,24,26H,1-4H3/t17-,21+,22-/m1/s1. The summed E-state index contributed by atoms with van der Waals surface area (Å²) in [5.41, 5.74) is 0.484. The summed E-state index contributed by atoms with van der Waals surface area (Å²) < 4.78 is 28.3. The Morgan fingerprint density at radius 1 is 1.03 bits per heavy atom. The van der Waals surface area contributed by atoms with Crippen molar-refractivity contribution in [1.29, 1.82) is 0 Å². The van der Waals surface area contributed by atoms with Crippen LogP contribution in [0.5, 0.6) is 34.5 Å². The Morgan fingerprint density at radius 2 is 1.74 bits per heavy atom. The molecule has 8 nitrogen and oxygen atoms in total. The van der Waals surface area contributed by atoms with Gasteiger partial charge in [0, 0.05) is 17.7 Å². The van der Waals surface area contributed by atoms with Gasteiger partial charge in [0.25, 0.3) is 0 Å². The van der Waals surface area contributed by atoms with Crippen LogP contribution >= 0.6 is 0 Å². The van der Waals surface area contributed by atoms with Gasteiger partial charge in [0.05, 0.1) is 25.7 Å². The third kappa shape index (κ3) is 2.82. The molecule has 3 heterocycles. The molecule has 8 heteroatoms. The van der Waals surface area contributed by atoms with Crippen LogP contribution in [0.1, 0.15) is 41.3 Å². The number of phenolic OH excluding ortho intramolecular Hbond substituents is 1. The Kier molecular flexibility index (Phi) is 4.14. The van der Waals surface area contributed by atoms with E-state index in [-0.39, 0.29) is 28.6 Å². The Balaban J connectivity index is 1.68. The van der Waals surface area contributed by atoms with Crippen molar-refractivity contribution in [2.75, 3.05) is 14.2 Å². The van der Waals surface area contributed by atoms with Gasteiger partial charge in [0.15, 0.2) is 23.4 Å². The zero-order valence-electron chi connectivity index (χ0n) is 17.5. The monoisotopic (exact) mass is 426 g/mol. The zero-order valence-corrected chi connectivity index (χ0v) is 17.5. The third-order valence-electron chi connectivity index (χ3n) is 5.78. The largest absolute Gasteiger partial charge is 0.507 e. The molecule has 0 radical (unpaired) electrons. The highest BCUT2D eigenvalue weighted by atomic mass is 16.6. The molecule has 2 aromatic carbocycles. The topological polar surface area (TPSA) is 104 Å². The molecule has 162 valence electrons. The minimum Gasteiger partial charge on any atom is -0.507 e. The SMILES string of the molecule is COc1cc2c(cc1OC)[C@@H]1C(=O)c3c(O)cc4c(c3O[C@@H]1[C@H](O)O2)C=CC(C)(C)O4. The number of benzene rings is 2. The van der Waals surface area contributed by atoms with Gasteiger partial charge in [-0.2, -0.15) is 0 Å². The Bertz CT molecular complexity index is 1130. The number of methoxy groups -OCH3 is 2. The van der Waals surface area contributed by atoms with E-state index in [9.17, 15) is 15.0 Å². The number of ether oxygens (including phenoxy) is 5. The van der Waals surface area contributed by atoms with E-state index in [0.717, 1.165) is 0 Å². The lowest BCUT2D eigenvalue weighted by Gasteiger charge is -2.41. The summed E-state index contributed by atoms with van der Waals surface area (Å²) in [5.74, 6) is 0.124. The van der Waals surface area contributed by atoms with Gasteiger partial charge >= 0.3 is 0 Å². The molecule has 0 unspecified atom stereocenters. The van der Waals surface area contributed by atoms with E-state index < -0.39 is 23.9 Å². The van der Waals surface area contributed by atoms with Gasteiger partial charge in [0.2, 0.25) is 6.29 Å². The average molecular weight is 426 g/mol. The fourth-order valence-electron chi connectivity index (χ4n) is 4.31. The zero-order chi connectivity index (χ0) is 22.1. The molecule has 3 aliphatic heterocycles. The number of hydrogen-bond donors (Lipinski definition) is 2. The molecule has 0 amide bonds. The van der Waals surface area contributed by atoms with Crippen LogP contribution in [0.15, 0.2) is 24.3 Å². The lowest BCUT2D eigenvalue weighted by Crippen LogP contribution is -2.49. The maximum absolute atomic E-state index is 13.6. The van der Waals surface area contributed by atoms with Crippen molar-refractivity contribution >= 4 is 11.9 Å². The van der Waals surface area contributed by atoms with Crippen LogP contribution in [0.3, 0.4) is 0 Å². The Morgan fingerprint density at radius 3 is 2.45 bits per heavy atom. The van der Waals surface area contributed by atoms with Crippen LogP contribution in [-0.4, -0.2) is 48.2 Å². The van der Waals surface area contributed by atoms with E-state index in [1.165, 1.54) is 20.3 Å². The number of aliphatic hydroxyl groups excluding tert-OH is 1. The summed E-state index contributed by atoms with van der Waals surface area (Å²) in [5, 5.41) is 21.4. The summed E-state index contributed by atoms with van der Waals surface area (Å²) in [6.07, 6.45) is 1.21. The van der Waals surface area contributed by atoms with E-state index in [1.54, 1.807) is 18.2 Å². The van der Waals surface area contributed by atoms with Crippen molar-refractivity contribution in [3.05, 3.63) is 41.0 Å². The molecule has 0 saturated heterocycles. The van der Waals surface area contributed by atoms with Crippen molar-refractivity contribution < 1.29 is 38.7 Å². The van der Waals surface area contributed by atoms with Gasteiger partial charge in [-0.05, 0) is 32.1 Å². The summed E-state index contributed by atoms with van der Waals surface area (Å²) in [7, 11) is 2.97. The normalized spacial score (nSPS) is 24.4. The second-order valence-corrected chi connectivity index (χ2v) is 8.23. The van der Waals surface area contributed by atoms with E-state index >= 15 is 0 Å². The third-order valence-corrected chi connectivity index (χ3v) is 5.78. The molecule has 5 rings (SSSR count). The van der Waals surface area contributed by atoms with Crippen molar-refractivity contribution in [1.82, 2.24) is 0 Å². The van der Waals surface area contributed by atoms with Crippen molar-refractivity contribution in [2.24, 2.45) is 0 Å². The van der Waals surface area contributed by atoms with Crippen LogP contribution in [0.4, 0.5) is 0 Å². The molecule has 0 spiro atoms. The smallest absolute Gasteiger partial charge is 0.235 e. The van der Waals surface area contributed by atoms with Crippen LogP contribution in [0.25, 0.3) is 6.08 Å². The first-order valence-corrected chi connectivity index (χ1v) is 9.84. The van der Waals surface area contributed by atoms with Gasteiger partial charge in [-0.15, -0.1) is 0 Å². The fraction of sp³-hybridized carbons (Fsp3) is 0.348. The van der Waals surface area contributed by atoms with E-state index in [2.05, 4.69) is 0 Å². The Labute approximate surface area is 178 Å². The fourth-order valence-corrected chi connectivity index (χ4v) is 4.31. The number of ketones is 1. The molecule has 31 heavy (non-hydrogen) atoms. The summed E-state index contributed by atoms with van der Waals surface area (Å²) in [6.45, 7) is 3.75. The van der Waals surface area contributed by atoms with Crippen LogP contribution in [0, 0.1) is 0 Å². The maximum atomic E-state index is 13.6. The van der Waals surface area contributed by atoms with E-state index in [1.807, 2.05) is 19.9 Å². The number of phenols is 1. The first kappa shape index (κ1) is 19.6. The summed E-state index contributed by atoms with van der Waals surface area (Å²) >= 11 is 0. The van der Waals surface area contributed by atoms with Crippen molar-refractivity contribution in [2.45, 2.75) is 37.8 Å². The summed E-state index contributed by atoms with van der Waals surface area (Å²) in [4.78, 5) is 13.6. The first-order chi connectivity index (χ1) is 14.7. The number of fused-ring (bicyclic) bond motifs is 6. The van der Waals surface area contributed by atoms with Crippen molar-refractivity contribution in [3.63, 3.8) is 0 Å². The number of aromatic hydroxyl groups is 1. The average Bonchev–Trinajstić information content (AvgIpc) is 2.72. The van der Waals surface area contributed by atoms with Gasteiger partial charge < -0.3 is 33.9 Å². The number of rotatable bonds is 2. The lowest BCUT2D eigenvalue weighted by molar-refractivity contribution is -0.112. The molecular formula is C23H22O8. The number of Topliss-reactive ketones (excluding diaryl/α,β-unsaturated/α-hetero) is 1. The Hall–Kier alpha value is -3.39. The highest BCUT2D eigenvalue weighted by molar-refractivity contribution is 6.08. The van der Waals surface area contributed by atoms with Gasteiger partial charge in [0.1, 0.15) is 34.2 Å². The van der Waals surface area contributed by atoms with Gasteiger partial charge in [-0.3, -0.25) is 4.79 Å². The highest BCUT2D eigenvalue weighted by Crippen LogP contribution is 2.52. The molecule has 2 aromatic rings. The van der Waals surface area contributed by atoms with E-state index in [4.69, 9.17) is 23.7 Å². The van der Waals surface area contributed by atoms with Gasteiger partial charge in [-0.1, -0.05) is 0 Å². The molecule has 0 saturated carbocycles. The predicted molar refractivity (Wildman–Crippen MR) is 110 cm³/mol. The second kappa shape index (κ2) is 6.55. The first-order valence-electron chi connectivity index (χ1n) is 9.84. The molecule has 2 N–H and O–H groups in total. The predicted octanol–water partition coefficient (Wildman–Crippen LogP) is 3.03. The molecule has 0 bridgehead atoms. The number of aliphatic hydroxyl groups is 1.